The molecule has 0 saturated heterocycles. The summed E-state index contributed by atoms with van der Waals surface area (Å²) in [6.07, 6.45) is 2.46. The molecule has 0 aliphatic heterocycles. The van der Waals surface area contributed by atoms with Gasteiger partial charge in [-0.1, -0.05) is 36.4 Å². The van der Waals surface area contributed by atoms with E-state index in [1.807, 2.05) is 18.2 Å². The first-order chi connectivity index (χ1) is 19.5. The maximum absolute atomic E-state index is 13.8. The van der Waals surface area contributed by atoms with E-state index in [0.29, 0.717) is 22.6 Å². The minimum absolute atomic E-state index is 0.460. The Morgan fingerprint density at radius 2 is 1.39 bits per heavy atom. The van der Waals surface area contributed by atoms with Gasteiger partial charge in [-0.25, -0.2) is 13.6 Å². The van der Waals surface area contributed by atoms with E-state index in [0.717, 1.165) is 11.1 Å². The Kier molecular flexibility index (Phi) is 8.97. The summed E-state index contributed by atoms with van der Waals surface area (Å²) in [5.41, 5.74) is 2.40. The third kappa shape index (κ3) is 7.66. The standard InChI is InChI=1S/C32H31F2N3O4/c1-32(2,3)41-31(39)37-29(28(21-5-11-23(33)12-6-21)22-7-13-24(34)14-8-22)30(38)36-25-15-9-20(10-16-25)26-17-18-35-19-27(26)40-4/h5-19,28-29H,1-4H3,(H,36,38)(H,37,39)/t29-/m0/s1. The summed E-state index contributed by atoms with van der Waals surface area (Å²) < 4.78 is 38.5. The van der Waals surface area contributed by atoms with Gasteiger partial charge in [-0.2, -0.15) is 0 Å². The molecule has 4 aromatic rings. The number of ether oxygens (including phenoxy) is 2. The van der Waals surface area contributed by atoms with Gasteiger partial charge in [0.25, 0.3) is 0 Å². The van der Waals surface area contributed by atoms with Crippen molar-refractivity contribution in [2.24, 2.45) is 0 Å². The largest absolute Gasteiger partial charge is 0.494 e. The maximum atomic E-state index is 13.8. The zero-order valence-corrected chi connectivity index (χ0v) is 23.2. The molecule has 0 aliphatic carbocycles. The Hall–Kier alpha value is -4.79. The highest BCUT2D eigenvalue weighted by atomic mass is 19.1. The number of benzene rings is 3. The molecule has 41 heavy (non-hydrogen) atoms. The van der Waals surface area contributed by atoms with Crippen LogP contribution in [0.3, 0.4) is 0 Å². The van der Waals surface area contributed by atoms with E-state index < -0.39 is 41.2 Å². The number of anilines is 1. The van der Waals surface area contributed by atoms with Crippen LogP contribution >= 0.6 is 0 Å². The van der Waals surface area contributed by atoms with Crippen LogP contribution in [0.25, 0.3) is 11.1 Å². The number of amides is 2. The van der Waals surface area contributed by atoms with Gasteiger partial charge < -0.3 is 20.1 Å². The van der Waals surface area contributed by atoms with Crippen molar-refractivity contribution >= 4 is 17.7 Å². The number of rotatable bonds is 8. The first-order valence-electron chi connectivity index (χ1n) is 12.9. The zero-order chi connectivity index (χ0) is 29.6. The molecule has 7 nitrogen and oxygen atoms in total. The second-order valence-electron chi connectivity index (χ2n) is 10.3. The highest BCUT2D eigenvalue weighted by molar-refractivity contribution is 5.98. The van der Waals surface area contributed by atoms with Gasteiger partial charge in [-0.3, -0.25) is 9.78 Å². The molecule has 0 spiro atoms. The van der Waals surface area contributed by atoms with E-state index in [2.05, 4.69) is 15.6 Å². The summed E-state index contributed by atoms with van der Waals surface area (Å²) in [4.78, 5) is 30.8. The fourth-order valence-electron chi connectivity index (χ4n) is 4.39. The molecule has 1 atom stereocenters. The number of aromatic nitrogens is 1. The van der Waals surface area contributed by atoms with Crippen molar-refractivity contribution < 1.29 is 27.8 Å². The van der Waals surface area contributed by atoms with E-state index in [9.17, 15) is 18.4 Å². The molecule has 2 amide bonds. The number of halogens is 2. The van der Waals surface area contributed by atoms with Gasteiger partial charge in [0.1, 0.15) is 29.0 Å². The van der Waals surface area contributed by atoms with Gasteiger partial charge in [-0.05, 0) is 79.9 Å². The van der Waals surface area contributed by atoms with E-state index in [1.165, 1.54) is 48.5 Å². The van der Waals surface area contributed by atoms with Crippen LogP contribution in [0.4, 0.5) is 19.3 Å². The number of methoxy groups -OCH3 is 1. The molecule has 0 saturated carbocycles. The second-order valence-corrected chi connectivity index (χ2v) is 10.3. The number of nitrogens with one attached hydrogen (secondary N) is 2. The van der Waals surface area contributed by atoms with E-state index in [-0.39, 0.29) is 0 Å². The number of pyridine rings is 1. The molecular weight excluding hydrogens is 528 g/mol. The quantitative estimate of drug-likeness (QED) is 0.251. The molecule has 1 heterocycles. The summed E-state index contributed by atoms with van der Waals surface area (Å²) in [6, 6.07) is 18.9. The molecular formula is C32H31F2N3O4. The van der Waals surface area contributed by atoms with Gasteiger partial charge in [0.05, 0.1) is 13.3 Å². The topological polar surface area (TPSA) is 89.5 Å². The van der Waals surface area contributed by atoms with Gasteiger partial charge in [0.2, 0.25) is 5.91 Å². The summed E-state index contributed by atoms with van der Waals surface area (Å²) in [7, 11) is 1.56. The number of alkyl carbamates (subject to hydrolysis) is 1. The smallest absolute Gasteiger partial charge is 0.408 e. The fourth-order valence-corrected chi connectivity index (χ4v) is 4.39. The van der Waals surface area contributed by atoms with Crippen LogP contribution < -0.4 is 15.4 Å². The van der Waals surface area contributed by atoms with Gasteiger partial charge in [0, 0.05) is 23.4 Å². The second kappa shape index (κ2) is 12.6. The van der Waals surface area contributed by atoms with Gasteiger partial charge in [-0.15, -0.1) is 0 Å². The average molecular weight is 560 g/mol. The molecule has 4 rings (SSSR count). The highest BCUT2D eigenvalue weighted by Gasteiger charge is 2.34. The van der Waals surface area contributed by atoms with Crippen LogP contribution in [0.1, 0.15) is 37.8 Å². The molecule has 0 radical (unpaired) electrons. The Balaban J connectivity index is 1.69. The molecule has 2 N–H and O–H groups in total. The molecule has 1 aromatic heterocycles. The lowest BCUT2D eigenvalue weighted by molar-refractivity contribution is -0.118. The fraction of sp³-hybridized carbons (Fsp3) is 0.219. The molecule has 0 fully saturated rings. The lowest BCUT2D eigenvalue weighted by Crippen LogP contribution is -2.49. The summed E-state index contributed by atoms with van der Waals surface area (Å²) >= 11 is 0. The monoisotopic (exact) mass is 559 g/mol. The number of carbonyl (C=O) groups is 2. The van der Waals surface area contributed by atoms with E-state index in [4.69, 9.17) is 9.47 Å². The lowest BCUT2D eigenvalue weighted by atomic mass is 9.84. The summed E-state index contributed by atoms with van der Waals surface area (Å²) in [6.45, 7) is 5.12. The molecule has 3 aromatic carbocycles. The number of carbonyl (C=O) groups excluding carboxylic acids is 2. The van der Waals surface area contributed by atoms with Crippen LogP contribution in [-0.2, 0) is 9.53 Å². The van der Waals surface area contributed by atoms with Crippen molar-refractivity contribution in [3.05, 3.63) is 114 Å². The normalized spacial score (nSPS) is 12.0. The first-order valence-corrected chi connectivity index (χ1v) is 12.9. The van der Waals surface area contributed by atoms with E-state index in [1.54, 1.807) is 52.4 Å². The minimum atomic E-state index is -1.21. The van der Waals surface area contributed by atoms with Crippen LogP contribution in [0.2, 0.25) is 0 Å². The number of hydrogen-bond donors (Lipinski definition) is 2. The SMILES string of the molecule is COc1cnccc1-c1ccc(NC(=O)[C@@H](NC(=O)OC(C)(C)C)C(c2ccc(F)cc2)c2ccc(F)cc2)cc1. The lowest BCUT2D eigenvalue weighted by Gasteiger charge is -2.29. The highest BCUT2D eigenvalue weighted by Crippen LogP contribution is 2.32. The number of nitrogens with zero attached hydrogens (tertiary/aromatic N) is 1. The van der Waals surface area contributed by atoms with Crippen LogP contribution in [-0.4, -0.2) is 35.7 Å². The minimum Gasteiger partial charge on any atom is -0.494 e. The van der Waals surface area contributed by atoms with Crippen molar-refractivity contribution in [3.8, 4) is 16.9 Å². The predicted molar refractivity (Wildman–Crippen MR) is 153 cm³/mol. The first kappa shape index (κ1) is 29.2. The molecule has 9 heteroatoms. The molecule has 212 valence electrons. The van der Waals surface area contributed by atoms with E-state index >= 15 is 0 Å². The molecule has 0 unspecified atom stereocenters. The zero-order valence-electron chi connectivity index (χ0n) is 23.2. The molecule has 0 aliphatic rings. The number of hydrogen-bond acceptors (Lipinski definition) is 5. The van der Waals surface area contributed by atoms with Crippen LogP contribution in [0.5, 0.6) is 5.75 Å². The van der Waals surface area contributed by atoms with Crippen LogP contribution in [0, 0.1) is 11.6 Å². The third-order valence-electron chi connectivity index (χ3n) is 6.21. The Labute approximate surface area is 237 Å². The van der Waals surface area contributed by atoms with Crippen LogP contribution in [0.15, 0.2) is 91.3 Å². The molecule has 0 bridgehead atoms. The summed E-state index contributed by atoms with van der Waals surface area (Å²) in [5, 5.41) is 5.55. The maximum Gasteiger partial charge on any atom is 0.408 e. The van der Waals surface area contributed by atoms with Crippen molar-refractivity contribution in [1.29, 1.82) is 0 Å². The van der Waals surface area contributed by atoms with Crippen molar-refractivity contribution in [1.82, 2.24) is 10.3 Å². The third-order valence-corrected chi connectivity index (χ3v) is 6.21. The Morgan fingerprint density at radius 1 is 0.829 bits per heavy atom. The Morgan fingerprint density at radius 3 is 1.90 bits per heavy atom. The van der Waals surface area contributed by atoms with Crippen molar-refractivity contribution in [2.75, 3.05) is 12.4 Å². The van der Waals surface area contributed by atoms with Crippen molar-refractivity contribution in [3.63, 3.8) is 0 Å². The van der Waals surface area contributed by atoms with Gasteiger partial charge >= 0.3 is 6.09 Å². The Bertz CT molecular complexity index is 1440. The van der Waals surface area contributed by atoms with Gasteiger partial charge in [0.15, 0.2) is 0 Å². The summed E-state index contributed by atoms with van der Waals surface area (Å²) in [5.74, 6) is -1.67. The predicted octanol–water partition coefficient (Wildman–Crippen LogP) is 6.70. The average Bonchev–Trinajstić information content (AvgIpc) is 2.94. The van der Waals surface area contributed by atoms with Crippen molar-refractivity contribution in [2.45, 2.75) is 38.3 Å².